The number of carboxylic acids is 1. The van der Waals surface area contributed by atoms with Gasteiger partial charge in [-0.15, -0.1) is 0 Å². The summed E-state index contributed by atoms with van der Waals surface area (Å²) >= 11 is 0. The van der Waals surface area contributed by atoms with Crippen molar-refractivity contribution in [2.24, 2.45) is 17.0 Å². The first-order valence-electron chi connectivity index (χ1n) is 12.5. The number of hydrogen-bond donors (Lipinski definition) is 1. The monoisotopic (exact) mass is 491 g/mol. The van der Waals surface area contributed by atoms with Crippen LogP contribution in [-0.2, 0) is 14.4 Å². The summed E-state index contributed by atoms with van der Waals surface area (Å²) in [5.41, 5.74) is 2.42. The molecule has 1 aromatic heterocycles. The van der Waals surface area contributed by atoms with Crippen LogP contribution in [0, 0.1) is 11.8 Å². The lowest BCUT2D eigenvalue weighted by atomic mass is 9.82. The van der Waals surface area contributed by atoms with E-state index in [2.05, 4.69) is 10.1 Å². The van der Waals surface area contributed by atoms with E-state index in [1.54, 1.807) is 42.7 Å². The Balaban J connectivity index is 1.25. The van der Waals surface area contributed by atoms with Gasteiger partial charge in [-0.05, 0) is 67.5 Å². The van der Waals surface area contributed by atoms with Crippen molar-refractivity contribution in [1.29, 1.82) is 0 Å². The Morgan fingerprint density at radius 2 is 1.83 bits per heavy atom. The van der Waals surface area contributed by atoms with Crippen LogP contribution in [0.15, 0.2) is 59.5 Å². The second-order valence-electron chi connectivity index (χ2n) is 9.42. The van der Waals surface area contributed by atoms with Gasteiger partial charge < -0.3 is 19.6 Å². The van der Waals surface area contributed by atoms with E-state index in [1.807, 2.05) is 24.0 Å². The van der Waals surface area contributed by atoms with Crippen LogP contribution in [0.25, 0.3) is 6.08 Å². The van der Waals surface area contributed by atoms with Crippen molar-refractivity contribution in [3.8, 4) is 5.75 Å². The van der Waals surface area contributed by atoms with Gasteiger partial charge in [-0.3, -0.25) is 9.78 Å². The smallest absolute Gasteiger partial charge is 0.332 e. The number of oxime groups is 1. The van der Waals surface area contributed by atoms with E-state index in [1.165, 1.54) is 25.7 Å². The zero-order valence-corrected chi connectivity index (χ0v) is 20.6. The number of hydrogen-bond acceptors (Lipinski definition) is 6. The Morgan fingerprint density at radius 1 is 1.11 bits per heavy atom. The van der Waals surface area contributed by atoms with Crippen molar-refractivity contribution in [2.45, 2.75) is 39.0 Å². The molecule has 8 nitrogen and oxygen atoms in total. The fourth-order valence-electron chi connectivity index (χ4n) is 4.90. The number of carbonyl (C=O) groups is 2. The summed E-state index contributed by atoms with van der Waals surface area (Å²) in [6.45, 7) is 3.97. The summed E-state index contributed by atoms with van der Waals surface area (Å²) < 4.78 is 5.68. The molecule has 2 aromatic rings. The average Bonchev–Trinajstić information content (AvgIpc) is 3.34. The maximum atomic E-state index is 12.8. The van der Waals surface area contributed by atoms with Crippen molar-refractivity contribution in [1.82, 2.24) is 9.88 Å². The van der Waals surface area contributed by atoms with Crippen LogP contribution >= 0.6 is 0 Å². The third kappa shape index (κ3) is 6.93. The predicted molar refractivity (Wildman–Crippen MR) is 137 cm³/mol. The standard InChI is InChI=1S/C28H33N3O5/c1-20(22-7-4-12-29-17-22)30-36-14-13-35-26-10-8-21(9-11-26)15-25(28(33)34)16-27(32)31-18-23-5-2-3-6-24(23)19-31/h4,7-12,15,17,23-24H,2-3,5-6,13-14,16,18-19H2,1H3,(H,33,34)/b25-15+,30-20?/t23-,24+. The Kier molecular flexibility index (Phi) is 8.71. The van der Waals surface area contributed by atoms with Gasteiger partial charge in [-0.2, -0.15) is 0 Å². The first-order chi connectivity index (χ1) is 17.5. The van der Waals surface area contributed by atoms with Crippen LogP contribution in [-0.4, -0.2) is 58.9 Å². The summed E-state index contributed by atoms with van der Waals surface area (Å²) in [7, 11) is 0. The fraction of sp³-hybridized carbons (Fsp3) is 0.429. The molecule has 1 aliphatic carbocycles. The van der Waals surface area contributed by atoms with Crippen LogP contribution in [0.5, 0.6) is 5.75 Å². The summed E-state index contributed by atoms with van der Waals surface area (Å²) in [4.78, 5) is 35.9. The fourth-order valence-corrected chi connectivity index (χ4v) is 4.90. The molecule has 4 rings (SSSR count). The second-order valence-corrected chi connectivity index (χ2v) is 9.42. The van der Waals surface area contributed by atoms with Gasteiger partial charge in [0.1, 0.15) is 12.4 Å². The molecule has 2 fully saturated rings. The Hall–Kier alpha value is -3.68. The molecule has 2 aliphatic rings. The summed E-state index contributed by atoms with van der Waals surface area (Å²) in [5, 5.41) is 13.7. The zero-order valence-electron chi connectivity index (χ0n) is 20.6. The van der Waals surface area contributed by atoms with Gasteiger partial charge in [0.15, 0.2) is 6.61 Å². The van der Waals surface area contributed by atoms with E-state index < -0.39 is 5.97 Å². The van der Waals surface area contributed by atoms with E-state index in [0.29, 0.717) is 29.8 Å². The maximum absolute atomic E-state index is 12.8. The molecule has 0 unspecified atom stereocenters. The van der Waals surface area contributed by atoms with Gasteiger partial charge in [0.25, 0.3) is 0 Å². The van der Waals surface area contributed by atoms with Gasteiger partial charge in [0.05, 0.1) is 12.1 Å². The average molecular weight is 492 g/mol. The summed E-state index contributed by atoms with van der Waals surface area (Å²) in [6.07, 6.45) is 9.71. The minimum Gasteiger partial charge on any atom is -0.490 e. The Morgan fingerprint density at radius 3 is 2.47 bits per heavy atom. The van der Waals surface area contributed by atoms with Crippen LogP contribution < -0.4 is 4.74 Å². The van der Waals surface area contributed by atoms with Crippen LogP contribution in [0.4, 0.5) is 0 Å². The molecule has 36 heavy (non-hydrogen) atoms. The van der Waals surface area contributed by atoms with Gasteiger partial charge in [-0.1, -0.05) is 30.1 Å². The molecule has 0 radical (unpaired) electrons. The van der Waals surface area contributed by atoms with Crippen LogP contribution in [0.1, 0.15) is 50.2 Å². The van der Waals surface area contributed by atoms with Gasteiger partial charge >= 0.3 is 5.97 Å². The first-order valence-corrected chi connectivity index (χ1v) is 12.5. The normalized spacial score (nSPS) is 20.1. The highest BCUT2D eigenvalue weighted by molar-refractivity contribution is 5.98. The molecule has 1 aromatic carbocycles. The molecule has 0 bridgehead atoms. The number of aromatic nitrogens is 1. The lowest BCUT2D eigenvalue weighted by Gasteiger charge is -2.22. The molecule has 190 valence electrons. The number of pyridine rings is 1. The molecule has 1 N–H and O–H groups in total. The van der Waals surface area contributed by atoms with Gasteiger partial charge in [-0.25, -0.2) is 4.79 Å². The van der Waals surface area contributed by atoms with E-state index in [-0.39, 0.29) is 24.5 Å². The molecule has 0 spiro atoms. The number of amides is 1. The minimum atomic E-state index is -1.07. The number of ether oxygens (including phenoxy) is 1. The first kappa shape index (κ1) is 25.4. The summed E-state index contributed by atoms with van der Waals surface area (Å²) in [5.74, 6) is 0.625. The largest absolute Gasteiger partial charge is 0.490 e. The lowest BCUT2D eigenvalue weighted by Crippen LogP contribution is -2.29. The molecule has 1 amide bonds. The number of nitrogens with zero attached hydrogens (tertiary/aromatic N) is 3. The highest BCUT2D eigenvalue weighted by atomic mass is 16.6. The Bertz CT molecular complexity index is 1080. The minimum absolute atomic E-state index is 0.0939. The van der Waals surface area contributed by atoms with Crippen molar-refractivity contribution >= 4 is 23.7 Å². The summed E-state index contributed by atoms with van der Waals surface area (Å²) in [6, 6.07) is 10.8. The quantitative estimate of drug-likeness (QED) is 0.229. The SMILES string of the molecule is CC(=NOCCOc1ccc(/C=C(\CC(=O)N2C[C@H]3CCCC[C@H]3C2)C(=O)O)cc1)c1cccnc1. The Labute approximate surface area is 211 Å². The van der Waals surface area contributed by atoms with Gasteiger partial charge in [0.2, 0.25) is 5.91 Å². The van der Waals surface area contributed by atoms with Crippen molar-refractivity contribution in [3.05, 3.63) is 65.5 Å². The third-order valence-electron chi connectivity index (χ3n) is 6.89. The topological polar surface area (TPSA) is 101 Å². The van der Waals surface area contributed by atoms with Crippen LogP contribution in [0.3, 0.4) is 0 Å². The number of aliphatic carboxylic acids is 1. The molecule has 1 saturated carbocycles. The van der Waals surface area contributed by atoms with E-state index in [0.717, 1.165) is 24.4 Å². The van der Waals surface area contributed by atoms with E-state index in [4.69, 9.17) is 9.57 Å². The molecule has 1 aliphatic heterocycles. The molecular weight excluding hydrogens is 458 g/mol. The number of benzene rings is 1. The molecule has 8 heteroatoms. The second kappa shape index (κ2) is 12.3. The van der Waals surface area contributed by atoms with Gasteiger partial charge in [0, 0.05) is 36.6 Å². The number of fused-ring (bicyclic) bond motifs is 1. The molecular formula is C28H33N3O5. The number of likely N-dealkylation sites (tertiary alicyclic amines) is 1. The van der Waals surface area contributed by atoms with Crippen LogP contribution in [0.2, 0.25) is 0 Å². The zero-order chi connectivity index (χ0) is 25.3. The predicted octanol–water partition coefficient (Wildman–Crippen LogP) is 4.41. The van der Waals surface area contributed by atoms with Crippen molar-refractivity contribution in [2.75, 3.05) is 26.3 Å². The van der Waals surface area contributed by atoms with Crippen molar-refractivity contribution in [3.63, 3.8) is 0 Å². The lowest BCUT2D eigenvalue weighted by molar-refractivity contribution is -0.136. The number of carboxylic acid groups (broad SMARTS) is 1. The molecule has 1 saturated heterocycles. The number of carbonyl (C=O) groups excluding carboxylic acids is 1. The van der Waals surface area contributed by atoms with E-state index >= 15 is 0 Å². The number of rotatable bonds is 10. The van der Waals surface area contributed by atoms with Crippen molar-refractivity contribution < 1.29 is 24.3 Å². The maximum Gasteiger partial charge on any atom is 0.332 e. The highest BCUT2D eigenvalue weighted by Gasteiger charge is 2.36. The molecule has 2 heterocycles. The highest BCUT2D eigenvalue weighted by Crippen LogP contribution is 2.36. The van der Waals surface area contributed by atoms with E-state index in [9.17, 15) is 14.7 Å². The molecule has 2 atom stereocenters. The third-order valence-corrected chi connectivity index (χ3v) is 6.89.